The number of hydrogen-bond donors (Lipinski definition) is 2. The van der Waals surface area contributed by atoms with E-state index >= 15 is 0 Å². The van der Waals surface area contributed by atoms with Crippen LogP contribution in [0.3, 0.4) is 0 Å². The number of para-hydroxylation sites is 2. The van der Waals surface area contributed by atoms with Gasteiger partial charge in [-0.05, 0) is 60.2 Å². The largest absolute Gasteiger partial charge is 0.323 e. The molecule has 1 aromatic heterocycles. The quantitative estimate of drug-likeness (QED) is 0.430. The van der Waals surface area contributed by atoms with Crippen LogP contribution in [0.15, 0.2) is 90.0 Å². The van der Waals surface area contributed by atoms with E-state index in [1.807, 2.05) is 6.07 Å². The first-order valence-electron chi connectivity index (χ1n) is 9.48. The molecule has 0 saturated carbocycles. The van der Waals surface area contributed by atoms with Crippen LogP contribution < -0.4 is 10.0 Å². The molecule has 3 aromatic carbocycles. The van der Waals surface area contributed by atoms with Crippen LogP contribution in [0.1, 0.15) is 5.56 Å². The van der Waals surface area contributed by atoms with Gasteiger partial charge in [-0.3, -0.25) is 14.5 Å². The second kappa shape index (κ2) is 8.94. The molecule has 0 spiro atoms. The van der Waals surface area contributed by atoms with Gasteiger partial charge in [0.15, 0.2) is 5.82 Å². The van der Waals surface area contributed by atoms with Crippen LogP contribution >= 0.6 is 0 Å². The molecule has 0 saturated heterocycles. The lowest BCUT2D eigenvalue weighted by Gasteiger charge is -2.09. The SMILES string of the molecule is O=C(C=Cc1ccc(F)cc1)Nc1ccc(S(=O)(=O)Nc2cnc3ccccc3n2)cc1. The van der Waals surface area contributed by atoms with Gasteiger partial charge in [0.05, 0.1) is 22.1 Å². The van der Waals surface area contributed by atoms with E-state index in [4.69, 9.17) is 0 Å². The molecule has 0 fully saturated rings. The van der Waals surface area contributed by atoms with E-state index in [9.17, 15) is 17.6 Å². The Bertz CT molecular complexity index is 1400. The number of halogens is 1. The van der Waals surface area contributed by atoms with Crippen molar-refractivity contribution in [2.75, 3.05) is 10.0 Å². The fourth-order valence-corrected chi connectivity index (χ4v) is 3.84. The first kappa shape index (κ1) is 21.1. The van der Waals surface area contributed by atoms with Crippen LogP contribution in [-0.2, 0) is 14.8 Å². The van der Waals surface area contributed by atoms with Crippen molar-refractivity contribution in [3.63, 3.8) is 0 Å². The Hall–Kier alpha value is -4.11. The van der Waals surface area contributed by atoms with Crippen LogP contribution in [0.2, 0.25) is 0 Å². The van der Waals surface area contributed by atoms with Crippen LogP contribution in [0.5, 0.6) is 0 Å². The topological polar surface area (TPSA) is 101 Å². The minimum atomic E-state index is -3.89. The lowest BCUT2D eigenvalue weighted by atomic mass is 10.2. The lowest BCUT2D eigenvalue weighted by Crippen LogP contribution is -2.14. The third-order valence-corrected chi connectivity index (χ3v) is 5.79. The molecule has 32 heavy (non-hydrogen) atoms. The highest BCUT2D eigenvalue weighted by atomic mass is 32.2. The number of nitrogens with zero attached hydrogens (tertiary/aromatic N) is 2. The van der Waals surface area contributed by atoms with E-state index in [0.29, 0.717) is 22.3 Å². The second-order valence-electron chi connectivity index (χ2n) is 6.75. The smallest absolute Gasteiger partial charge is 0.263 e. The monoisotopic (exact) mass is 448 g/mol. The van der Waals surface area contributed by atoms with Gasteiger partial charge in [-0.25, -0.2) is 17.8 Å². The van der Waals surface area contributed by atoms with Crippen molar-refractivity contribution in [2.24, 2.45) is 0 Å². The Kier molecular flexibility index (Phi) is 5.91. The molecule has 0 aliphatic rings. The van der Waals surface area contributed by atoms with Crippen molar-refractivity contribution in [2.45, 2.75) is 4.90 Å². The number of aromatic nitrogens is 2. The molecule has 1 amide bonds. The fraction of sp³-hybridized carbons (Fsp3) is 0. The molecule has 0 unspecified atom stereocenters. The highest BCUT2D eigenvalue weighted by Gasteiger charge is 2.15. The molecule has 4 rings (SSSR count). The Balaban J connectivity index is 1.42. The molecule has 0 atom stereocenters. The van der Waals surface area contributed by atoms with Crippen LogP contribution in [0.4, 0.5) is 15.9 Å². The van der Waals surface area contributed by atoms with Crippen LogP contribution in [-0.4, -0.2) is 24.3 Å². The molecule has 160 valence electrons. The summed E-state index contributed by atoms with van der Waals surface area (Å²) >= 11 is 0. The number of anilines is 2. The van der Waals surface area contributed by atoms with Gasteiger partial charge in [0.25, 0.3) is 10.0 Å². The third kappa shape index (κ3) is 5.13. The predicted molar refractivity (Wildman–Crippen MR) is 121 cm³/mol. The number of amides is 1. The van der Waals surface area contributed by atoms with Crippen molar-refractivity contribution < 1.29 is 17.6 Å². The Morgan fingerprint density at radius 3 is 2.31 bits per heavy atom. The number of nitrogens with one attached hydrogen (secondary N) is 2. The zero-order valence-electron chi connectivity index (χ0n) is 16.6. The summed E-state index contributed by atoms with van der Waals surface area (Å²) in [5.41, 5.74) is 2.32. The zero-order chi connectivity index (χ0) is 22.6. The van der Waals surface area contributed by atoms with Gasteiger partial charge in [-0.15, -0.1) is 0 Å². The Morgan fingerprint density at radius 1 is 0.906 bits per heavy atom. The van der Waals surface area contributed by atoms with Gasteiger partial charge in [0.2, 0.25) is 5.91 Å². The fourth-order valence-electron chi connectivity index (χ4n) is 2.85. The summed E-state index contributed by atoms with van der Waals surface area (Å²) in [4.78, 5) is 20.5. The number of hydrogen-bond acceptors (Lipinski definition) is 5. The second-order valence-corrected chi connectivity index (χ2v) is 8.43. The van der Waals surface area contributed by atoms with Gasteiger partial charge in [-0.1, -0.05) is 24.3 Å². The van der Waals surface area contributed by atoms with Gasteiger partial charge in [0.1, 0.15) is 5.82 Å². The highest BCUT2D eigenvalue weighted by Crippen LogP contribution is 2.18. The van der Waals surface area contributed by atoms with Crippen molar-refractivity contribution in [3.05, 3.63) is 96.4 Å². The Labute approximate surface area is 183 Å². The summed E-state index contributed by atoms with van der Waals surface area (Å²) in [7, 11) is -3.89. The summed E-state index contributed by atoms with van der Waals surface area (Å²) in [5.74, 6) is -0.662. The number of carbonyl (C=O) groups excluding carboxylic acids is 1. The molecule has 2 N–H and O–H groups in total. The van der Waals surface area contributed by atoms with Crippen LogP contribution in [0, 0.1) is 5.82 Å². The highest BCUT2D eigenvalue weighted by molar-refractivity contribution is 7.92. The molecule has 7 nitrogen and oxygen atoms in total. The number of carbonyl (C=O) groups is 1. The molecule has 9 heteroatoms. The van der Waals surface area contributed by atoms with Gasteiger partial charge in [-0.2, -0.15) is 0 Å². The summed E-state index contributed by atoms with van der Waals surface area (Å²) < 4.78 is 40.6. The summed E-state index contributed by atoms with van der Waals surface area (Å²) in [6.07, 6.45) is 4.20. The summed E-state index contributed by atoms with van der Waals surface area (Å²) in [5, 5.41) is 2.63. The van der Waals surface area contributed by atoms with E-state index in [2.05, 4.69) is 20.0 Å². The minimum Gasteiger partial charge on any atom is -0.323 e. The maximum absolute atomic E-state index is 12.9. The zero-order valence-corrected chi connectivity index (χ0v) is 17.4. The van der Waals surface area contributed by atoms with E-state index in [1.165, 1.54) is 48.7 Å². The Morgan fingerprint density at radius 2 is 1.59 bits per heavy atom. The minimum absolute atomic E-state index is 0.00677. The predicted octanol–water partition coefficient (Wildman–Crippen LogP) is 4.22. The number of rotatable bonds is 6. The van der Waals surface area contributed by atoms with Crippen molar-refractivity contribution >= 4 is 44.5 Å². The van der Waals surface area contributed by atoms with E-state index < -0.39 is 15.9 Å². The average Bonchev–Trinajstić information content (AvgIpc) is 2.79. The summed E-state index contributed by atoms with van der Waals surface area (Å²) in [6.45, 7) is 0. The van der Waals surface area contributed by atoms with E-state index in [0.717, 1.165) is 0 Å². The molecular formula is C23H17FN4O3S. The number of benzene rings is 3. The van der Waals surface area contributed by atoms with E-state index in [1.54, 1.807) is 36.4 Å². The molecular weight excluding hydrogens is 431 g/mol. The van der Waals surface area contributed by atoms with Gasteiger partial charge in [0, 0.05) is 11.8 Å². The first-order chi connectivity index (χ1) is 15.4. The molecule has 0 aliphatic carbocycles. The molecule has 4 aromatic rings. The first-order valence-corrected chi connectivity index (χ1v) is 11.0. The lowest BCUT2D eigenvalue weighted by molar-refractivity contribution is -0.111. The normalized spacial score (nSPS) is 11.5. The maximum atomic E-state index is 12.9. The molecule has 0 radical (unpaired) electrons. The molecule has 1 heterocycles. The molecule has 0 bridgehead atoms. The van der Waals surface area contributed by atoms with Gasteiger partial charge < -0.3 is 5.32 Å². The number of sulfonamides is 1. The average molecular weight is 448 g/mol. The van der Waals surface area contributed by atoms with Crippen molar-refractivity contribution in [3.8, 4) is 0 Å². The van der Waals surface area contributed by atoms with Crippen molar-refractivity contribution in [1.82, 2.24) is 9.97 Å². The number of fused-ring (bicyclic) bond motifs is 1. The standard InChI is InChI=1S/C23H17FN4O3S/c24-17-8-5-16(6-9-17)7-14-23(29)26-18-10-12-19(13-11-18)32(30,31)28-22-15-25-20-3-1-2-4-21(20)27-22/h1-15H,(H,26,29)(H,27,28). The van der Waals surface area contributed by atoms with Crippen molar-refractivity contribution in [1.29, 1.82) is 0 Å². The summed E-state index contributed by atoms with van der Waals surface area (Å²) in [6, 6.07) is 18.5. The van der Waals surface area contributed by atoms with Gasteiger partial charge >= 0.3 is 0 Å². The third-order valence-electron chi connectivity index (χ3n) is 4.42. The molecule has 0 aliphatic heterocycles. The maximum Gasteiger partial charge on any atom is 0.263 e. The van der Waals surface area contributed by atoms with E-state index in [-0.39, 0.29) is 16.5 Å². The van der Waals surface area contributed by atoms with Crippen LogP contribution in [0.25, 0.3) is 17.1 Å².